The number of alkyl halides is 3. The van der Waals surface area contributed by atoms with Gasteiger partial charge < -0.3 is 15.4 Å². The van der Waals surface area contributed by atoms with Gasteiger partial charge in [-0.25, -0.2) is 12.8 Å². The van der Waals surface area contributed by atoms with E-state index in [2.05, 4.69) is 15.7 Å². The van der Waals surface area contributed by atoms with Gasteiger partial charge in [-0.15, -0.1) is 0 Å². The molecule has 2 bridgehead atoms. The Bertz CT molecular complexity index is 1640. The van der Waals surface area contributed by atoms with Crippen LogP contribution in [0.5, 0.6) is 5.75 Å². The molecule has 2 amide bonds. The van der Waals surface area contributed by atoms with Crippen LogP contribution in [0.2, 0.25) is 0 Å². The van der Waals surface area contributed by atoms with Crippen LogP contribution in [-0.4, -0.2) is 48.7 Å². The van der Waals surface area contributed by atoms with Crippen LogP contribution in [-0.2, 0) is 21.2 Å². The molecule has 224 valence electrons. The Balaban J connectivity index is 1.39. The molecule has 2 saturated carbocycles. The van der Waals surface area contributed by atoms with Crippen molar-refractivity contribution in [3.8, 4) is 16.9 Å². The number of methoxy groups -OCH3 is 1. The first-order valence-corrected chi connectivity index (χ1v) is 14.8. The molecule has 0 unspecified atom stereocenters. The number of ether oxygens (including phenoxy) is 1. The first-order valence-electron chi connectivity index (χ1n) is 13.3. The molecule has 0 aliphatic heterocycles. The third-order valence-electron chi connectivity index (χ3n) is 8.04. The number of amides is 2. The van der Waals surface area contributed by atoms with Crippen LogP contribution in [0.15, 0.2) is 53.7 Å². The van der Waals surface area contributed by atoms with Gasteiger partial charge in [-0.3, -0.25) is 14.3 Å². The number of anilines is 1. The Kier molecular flexibility index (Phi) is 7.77. The SMILES string of the molecule is CCn1cc(-c2cc(C(=O)N[C@@H]3[C@H]4CC[C@H](C4)[C@@H]3C(=O)Nc3cccc(S(=O)(=O)C(F)(F)F)c3)c(OC)cc2F)cn1. The van der Waals surface area contributed by atoms with Crippen molar-refractivity contribution in [1.82, 2.24) is 15.1 Å². The summed E-state index contributed by atoms with van der Waals surface area (Å²) in [5, 5.41) is 9.62. The summed E-state index contributed by atoms with van der Waals surface area (Å²) in [4.78, 5) is 26.0. The second-order valence-electron chi connectivity index (χ2n) is 10.4. The number of benzene rings is 2. The Morgan fingerprint density at radius 3 is 2.55 bits per heavy atom. The number of nitrogens with zero attached hydrogens (tertiary/aromatic N) is 2. The second kappa shape index (κ2) is 11.0. The molecule has 14 heteroatoms. The van der Waals surface area contributed by atoms with Gasteiger partial charge >= 0.3 is 5.51 Å². The Labute approximate surface area is 239 Å². The summed E-state index contributed by atoms with van der Waals surface area (Å²) in [5.74, 6) is -2.57. The highest BCUT2D eigenvalue weighted by molar-refractivity contribution is 7.92. The van der Waals surface area contributed by atoms with Crippen molar-refractivity contribution >= 4 is 27.3 Å². The van der Waals surface area contributed by atoms with Gasteiger partial charge in [0, 0.05) is 41.7 Å². The molecule has 0 radical (unpaired) electrons. The first-order chi connectivity index (χ1) is 19.8. The zero-order chi connectivity index (χ0) is 30.4. The first kappa shape index (κ1) is 29.5. The summed E-state index contributed by atoms with van der Waals surface area (Å²) in [7, 11) is -4.30. The summed E-state index contributed by atoms with van der Waals surface area (Å²) in [5.41, 5.74) is -4.93. The van der Waals surface area contributed by atoms with E-state index in [1.807, 2.05) is 6.92 Å². The number of hydrogen-bond donors (Lipinski definition) is 2. The normalized spacial score (nSPS) is 21.8. The smallest absolute Gasteiger partial charge is 0.496 e. The Morgan fingerprint density at radius 2 is 1.88 bits per heavy atom. The molecule has 1 heterocycles. The molecule has 3 aromatic rings. The lowest BCUT2D eigenvalue weighted by Crippen LogP contribution is -2.48. The zero-order valence-corrected chi connectivity index (χ0v) is 23.4. The minimum absolute atomic E-state index is 0.00322. The molecule has 2 aliphatic carbocycles. The number of carbonyl (C=O) groups excluding carboxylic acids is 2. The number of sulfone groups is 1. The van der Waals surface area contributed by atoms with Gasteiger partial charge in [0.25, 0.3) is 15.7 Å². The highest BCUT2D eigenvalue weighted by atomic mass is 32.2. The molecule has 0 spiro atoms. The Hall–Kier alpha value is -3.94. The molecule has 1 aromatic heterocycles. The molecule has 2 fully saturated rings. The van der Waals surface area contributed by atoms with Gasteiger partial charge in [0.1, 0.15) is 11.6 Å². The third-order valence-corrected chi connectivity index (χ3v) is 9.52. The summed E-state index contributed by atoms with van der Waals surface area (Å²) >= 11 is 0. The zero-order valence-electron chi connectivity index (χ0n) is 22.6. The number of nitrogens with one attached hydrogen (secondary N) is 2. The number of fused-ring (bicyclic) bond motifs is 2. The van der Waals surface area contributed by atoms with Crippen molar-refractivity contribution in [2.75, 3.05) is 12.4 Å². The molecule has 4 atom stereocenters. The van der Waals surface area contributed by atoms with Gasteiger partial charge in [0.15, 0.2) is 0 Å². The van der Waals surface area contributed by atoms with Gasteiger partial charge in [0.2, 0.25) is 5.91 Å². The van der Waals surface area contributed by atoms with Crippen LogP contribution in [0.25, 0.3) is 11.1 Å². The molecule has 2 aliphatic rings. The molecule has 42 heavy (non-hydrogen) atoms. The van der Waals surface area contributed by atoms with E-state index in [-0.39, 0.29) is 34.4 Å². The van der Waals surface area contributed by atoms with Crippen molar-refractivity contribution in [2.24, 2.45) is 17.8 Å². The van der Waals surface area contributed by atoms with Crippen molar-refractivity contribution in [3.05, 3.63) is 60.2 Å². The van der Waals surface area contributed by atoms with Crippen LogP contribution in [0.1, 0.15) is 36.5 Å². The summed E-state index contributed by atoms with van der Waals surface area (Å²) in [6, 6.07) is 5.83. The summed E-state index contributed by atoms with van der Waals surface area (Å²) in [6.45, 7) is 2.45. The topological polar surface area (TPSA) is 119 Å². The molecular weight excluding hydrogens is 580 g/mol. The molecular formula is C28H28F4N4O5S. The van der Waals surface area contributed by atoms with Crippen molar-refractivity contribution < 1.29 is 40.3 Å². The lowest BCUT2D eigenvalue weighted by atomic mass is 9.83. The van der Waals surface area contributed by atoms with Crippen LogP contribution in [0, 0.1) is 23.6 Å². The monoisotopic (exact) mass is 608 g/mol. The highest BCUT2D eigenvalue weighted by Gasteiger charge is 2.52. The van der Waals surface area contributed by atoms with E-state index in [0.717, 1.165) is 37.1 Å². The number of rotatable bonds is 8. The van der Waals surface area contributed by atoms with Crippen LogP contribution >= 0.6 is 0 Å². The average molecular weight is 609 g/mol. The second-order valence-corrected chi connectivity index (χ2v) is 12.4. The summed E-state index contributed by atoms with van der Waals surface area (Å²) < 4.78 is 84.6. The maximum atomic E-state index is 14.9. The van der Waals surface area contributed by atoms with E-state index in [1.54, 1.807) is 10.9 Å². The fourth-order valence-corrected chi connectivity index (χ4v) is 6.81. The van der Waals surface area contributed by atoms with Gasteiger partial charge in [-0.05, 0) is 62.3 Å². The van der Waals surface area contributed by atoms with E-state index in [4.69, 9.17) is 4.74 Å². The van der Waals surface area contributed by atoms with E-state index in [1.165, 1.54) is 25.4 Å². The van der Waals surface area contributed by atoms with E-state index >= 15 is 0 Å². The minimum atomic E-state index is -5.61. The lowest BCUT2D eigenvalue weighted by Gasteiger charge is -2.31. The van der Waals surface area contributed by atoms with E-state index in [0.29, 0.717) is 18.5 Å². The number of aromatic nitrogens is 2. The number of aryl methyl sites for hydroxylation is 1. The molecule has 2 N–H and O–H groups in total. The predicted octanol–water partition coefficient (Wildman–Crippen LogP) is 4.79. The molecule has 9 nitrogen and oxygen atoms in total. The molecule has 0 saturated heterocycles. The van der Waals surface area contributed by atoms with Crippen molar-refractivity contribution in [3.63, 3.8) is 0 Å². The van der Waals surface area contributed by atoms with Crippen LogP contribution < -0.4 is 15.4 Å². The maximum absolute atomic E-state index is 14.9. The minimum Gasteiger partial charge on any atom is -0.496 e. The number of halogens is 4. The third kappa shape index (κ3) is 5.35. The highest BCUT2D eigenvalue weighted by Crippen LogP contribution is 2.49. The Morgan fingerprint density at radius 1 is 1.14 bits per heavy atom. The predicted molar refractivity (Wildman–Crippen MR) is 144 cm³/mol. The quantitative estimate of drug-likeness (QED) is 0.355. The van der Waals surface area contributed by atoms with Crippen molar-refractivity contribution in [2.45, 2.75) is 49.2 Å². The van der Waals surface area contributed by atoms with Crippen molar-refractivity contribution in [1.29, 1.82) is 0 Å². The van der Waals surface area contributed by atoms with Crippen LogP contribution in [0.4, 0.5) is 23.2 Å². The number of carbonyl (C=O) groups is 2. The van der Waals surface area contributed by atoms with E-state index in [9.17, 15) is 35.6 Å². The molecule has 5 rings (SSSR count). The van der Waals surface area contributed by atoms with E-state index < -0.39 is 49.8 Å². The lowest BCUT2D eigenvalue weighted by molar-refractivity contribution is -0.122. The fourth-order valence-electron chi connectivity index (χ4n) is 6.00. The average Bonchev–Trinajstić information content (AvgIpc) is 3.69. The number of hydrogen-bond acceptors (Lipinski definition) is 6. The summed E-state index contributed by atoms with van der Waals surface area (Å²) in [6.07, 6.45) is 5.29. The standard InChI is InChI=1S/C28H28F4N4O5S/c1-3-36-14-17(13-33-36)20-11-21(23(41-2)12-22(20)29)26(37)35-25-16-8-7-15(9-16)24(25)27(38)34-18-5-4-6-19(10-18)42(39,40)28(30,31)32/h4-6,10-16,24-25H,3,7-9H2,1-2H3,(H,34,38)(H,35,37)/t15-,16+,24+,25-/m1/s1. The molecule has 2 aromatic carbocycles. The van der Waals surface area contributed by atoms with Gasteiger partial charge in [-0.1, -0.05) is 6.07 Å². The maximum Gasteiger partial charge on any atom is 0.501 e. The van der Waals surface area contributed by atoms with Gasteiger partial charge in [0.05, 0.1) is 29.7 Å². The van der Waals surface area contributed by atoms with Gasteiger partial charge in [-0.2, -0.15) is 18.3 Å². The van der Waals surface area contributed by atoms with Crippen LogP contribution in [0.3, 0.4) is 0 Å². The fraction of sp³-hybridized carbons (Fsp3) is 0.393. The largest absolute Gasteiger partial charge is 0.501 e.